The number of methoxy groups -OCH3 is 2. The molecule has 6 nitrogen and oxygen atoms in total. The summed E-state index contributed by atoms with van der Waals surface area (Å²) in [6, 6.07) is 14.7. The van der Waals surface area contributed by atoms with Crippen LogP contribution in [0, 0.1) is 0 Å². The Balaban J connectivity index is 1.47. The lowest BCUT2D eigenvalue weighted by Crippen LogP contribution is -2.54. The number of carbonyl (C=O) groups is 2. The summed E-state index contributed by atoms with van der Waals surface area (Å²) in [6.07, 6.45) is 1.43. The molecule has 8 heteroatoms. The highest BCUT2D eigenvalue weighted by Gasteiger charge is 2.47. The lowest BCUT2D eigenvalue weighted by atomic mass is 10.00. The summed E-state index contributed by atoms with van der Waals surface area (Å²) in [4.78, 5) is 29.9. The van der Waals surface area contributed by atoms with E-state index in [-0.39, 0.29) is 16.7 Å². The Labute approximate surface area is 197 Å². The van der Waals surface area contributed by atoms with Crippen molar-refractivity contribution in [2.45, 2.75) is 23.1 Å². The van der Waals surface area contributed by atoms with Crippen molar-refractivity contribution >= 4 is 35.2 Å². The molecule has 1 spiro atoms. The molecule has 0 radical (unpaired) electrons. The molecule has 2 heterocycles. The van der Waals surface area contributed by atoms with Gasteiger partial charge in [-0.3, -0.25) is 9.59 Å². The zero-order valence-electron chi connectivity index (χ0n) is 18.3. The Morgan fingerprint density at radius 3 is 2.22 bits per heavy atom. The summed E-state index contributed by atoms with van der Waals surface area (Å²) < 4.78 is 10.7. The van der Waals surface area contributed by atoms with Gasteiger partial charge in [0.25, 0.3) is 5.91 Å². The van der Waals surface area contributed by atoms with Crippen molar-refractivity contribution in [3.8, 4) is 11.5 Å². The first-order valence-corrected chi connectivity index (χ1v) is 12.1. The number of amides is 2. The van der Waals surface area contributed by atoms with Crippen LogP contribution in [0.1, 0.15) is 34.1 Å². The molecule has 0 aliphatic carbocycles. The number of alkyl halides is 1. The van der Waals surface area contributed by atoms with Gasteiger partial charge in [-0.25, -0.2) is 0 Å². The fourth-order valence-electron chi connectivity index (χ4n) is 4.40. The summed E-state index contributed by atoms with van der Waals surface area (Å²) >= 11 is 8.28. The van der Waals surface area contributed by atoms with E-state index in [2.05, 4.69) is 0 Å². The predicted molar refractivity (Wildman–Crippen MR) is 127 cm³/mol. The first-order valence-electron chi connectivity index (χ1n) is 10.6. The van der Waals surface area contributed by atoms with Gasteiger partial charge in [-0.15, -0.1) is 23.4 Å². The summed E-state index contributed by atoms with van der Waals surface area (Å²) in [5, 5.41) is -0.691. The minimum atomic E-state index is -0.691. The molecular formula is C24H27ClN2O4S. The fraction of sp³-hybridized carbons (Fsp3) is 0.417. The van der Waals surface area contributed by atoms with Gasteiger partial charge in [0.1, 0.15) is 16.9 Å². The van der Waals surface area contributed by atoms with Crippen LogP contribution in [0.5, 0.6) is 11.5 Å². The minimum Gasteiger partial charge on any atom is -0.497 e. The maximum Gasteiger partial charge on any atom is 0.255 e. The van der Waals surface area contributed by atoms with Gasteiger partial charge in [0.05, 0.1) is 19.1 Å². The Kier molecular flexibility index (Phi) is 6.86. The topological polar surface area (TPSA) is 59.1 Å². The van der Waals surface area contributed by atoms with E-state index in [1.165, 1.54) is 0 Å². The lowest BCUT2D eigenvalue weighted by Gasteiger charge is -2.44. The molecule has 170 valence electrons. The van der Waals surface area contributed by atoms with E-state index in [9.17, 15) is 9.59 Å². The third-order valence-electron chi connectivity index (χ3n) is 6.19. The fourth-order valence-corrected chi connectivity index (χ4v) is 6.14. The number of hydrogen-bond acceptors (Lipinski definition) is 5. The van der Waals surface area contributed by atoms with Crippen molar-refractivity contribution in [2.24, 2.45) is 0 Å². The summed E-state index contributed by atoms with van der Waals surface area (Å²) in [5.41, 5.74) is 1.35. The Morgan fingerprint density at radius 1 is 1.00 bits per heavy atom. The maximum atomic E-state index is 13.5. The molecule has 32 heavy (non-hydrogen) atoms. The molecule has 2 aromatic carbocycles. The lowest BCUT2D eigenvalue weighted by molar-refractivity contribution is -0.132. The van der Waals surface area contributed by atoms with Crippen LogP contribution in [0.25, 0.3) is 0 Å². The van der Waals surface area contributed by atoms with Crippen LogP contribution in [-0.2, 0) is 4.79 Å². The molecule has 2 aromatic rings. The van der Waals surface area contributed by atoms with Gasteiger partial charge in [-0.2, -0.15) is 0 Å². The van der Waals surface area contributed by atoms with Gasteiger partial charge in [-0.1, -0.05) is 30.3 Å². The van der Waals surface area contributed by atoms with E-state index in [1.807, 2.05) is 40.1 Å². The molecule has 0 N–H and O–H groups in total. The van der Waals surface area contributed by atoms with Gasteiger partial charge in [-0.05, 0) is 30.5 Å². The molecule has 1 unspecified atom stereocenters. The zero-order chi connectivity index (χ0) is 22.7. The molecule has 2 aliphatic heterocycles. The molecule has 0 saturated carbocycles. The number of nitrogens with zero attached hydrogens (tertiary/aromatic N) is 2. The van der Waals surface area contributed by atoms with E-state index in [0.717, 1.165) is 11.3 Å². The molecule has 4 rings (SSSR count). The second-order valence-corrected chi connectivity index (χ2v) is 9.84. The highest BCUT2D eigenvalue weighted by Crippen LogP contribution is 2.45. The number of carbonyl (C=O) groups excluding carboxylic acids is 2. The molecule has 2 amide bonds. The molecule has 2 aliphatic rings. The van der Waals surface area contributed by atoms with Crippen LogP contribution < -0.4 is 9.47 Å². The van der Waals surface area contributed by atoms with Gasteiger partial charge in [0, 0.05) is 37.0 Å². The standard InChI is InChI=1S/C24H27ClN2O4S/c1-30-19-14-18(15-20(16-19)31-2)22(28)27-12-13-32-24(27)8-10-26(11-9-24)23(29)21(25)17-6-4-3-5-7-17/h3-7,14-16,21H,8-13H2,1-2H3. The molecule has 0 aromatic heterocycles. The quantitative estimate of drug-likeness (QED) is 0.608. The van der Waals surface area contributed by atoms with Crippen molar-refractivity contribution in [1.82, 2.24) is 9.80 Å². The molecular weight excluding hydrogens is 448 g/mol. The highest BCUT2D eigenvalue weighted by atomic mass is 35.5. The van der Waals surface area contributed by atoms with Crippen LogP contribution >= 0.6 is 23.4 Å². The number of benzene rings is 2. The second kappa shape index (κ2) is 9.63. The largest absolute Gasteiger partial charge is 0.497 e. The van der Waals surface area contributed by atoms with Crippen LogP contribution in [0.2, 0.25) is 0 Å². The number of halogens is 1. The average Bonchev–Trinajstić information content (AvgIpc) is 3.25. The van der Waals surface area contributed by atoms with Crippen molar-refractivity contribution in [3.05, 3.63) is 59.7 Å². The van der Waals surface area contributed by atoms with Crippen LogP contribution in [0.15, 0.2) is 48.5 Å². The summed E-state index contributed by atoms with van der Waals surface area (Å²) in [7, 11) is 3.14. The van der Waals surface area contributed by atoms with E-state index in [4.69, 9.17) is 21.1 Å². The number of piperidine rings is 1. The first kappa shape index (κ1) is 22.8. The molecule has 0 bridgehead atoms. The normalized spacial score (nSPS) is 18.5. The third kappa shape index (κ3) is 4.41. The smallest absolute Gasteiger partial charge is 0.255 e. The van der Waals surface area contributed by atoms with E-state index >= 15 is 0 Å². The third-order valence-corrected chi connectivity index (χ3v) is 8.18. The van der Waals surface area contributed by atoms with Crippen LogP contribution in [-0.4, -0.2) is 66.1 Å². The average molecular weight is 475 g/mol. The molecule has 2 fully saturated rings. The van der Waals surface area contributed by atoms with Crippen LogP contribution in [0.3, 0.4) is 0 Å². The molecule has 2 saturated heterocycles. The van der Waals surface area contributed by atoms with E-state index in [0.29, 0.717) is 49.5 Å². The van der Waals surface area contributed by atoms with Gasteiger partial charge < -0.3 is 19.3 Å². The Bertz CT molecular complexity index is 957. The number of rotatable bonds is 5. The van der Waals surface area contributed by atoms with Crippen LogP contribution in [0.4, 0.5) is 0 Å². The maximum absolute atomic E-state index is 13.5. The van der Waals surface area contributed by atoms with Crippen molar-refractivity contribution in [1.29, 1.82) is 0 Å². The minimum absolute atomic E-state index is 0.0357. The number of thioether (sulfide) groups is 1. The molecule has 1 atom stereocenters. The number of hydrogen-bond donors (Lipinski definition) is 0. The summed E-state index contributed by atoms with van der Waals surface area (Å²) in [5.74, 6) is 1.94. The number of likely N-dealkylation sites (tertiary alicyclic amines) is 1. The van der Waals surface area contributed by atoms with Crippen molar-refractivity contribution in [3.63, 3.8) is 0 Å². The van der Waals surface area contributed by atoms with Crippen molar-refractivity contribution in [2.75, 3.05) is 39.6 Å². The second-order valence-electron chi connectivity index (χ2n) is 7.95. The van der Waals surface area contributed by atoms with E-state index in [1.54, 1.807) is 44.2 Å². The summed E-state index contributed by atoms with van der Waals surface area (Å²) in [6.45, 7) is 1.83. The SMILES string of the molecule is COc1cc(OC)cc(C(=O)N2CCSC23CCN(C(=O)C(Cl)c2ccccc2)CC3)c1. The predicted octanol–water partition coefficient (Wildman–Crippen LogP) is 4.19. The Hall–Kier alpha value is -2.38. The zero-order valence-corrected chi connectivity index (χ0v) is 19.8. The van der Waals surface area contributed by atoms with Gasteiger partial charge >= 0.3 is 0 Å². The highest BCUT2D eigenvalue weighted by molar-refractivity contribution is 8.00. The van der Waals surface area contributed by atoms with Gasteiger partial charge in [0.2, 0.25) is 5.91 Å². The first-order chi connectivity index (χ1) is 15.5. The van der Waals surface area contributed by atoms with E-state index < -0.39 is 5.38 Å². The number of ether oxygens (including phenoxy) is 2. The monoisotopic (exact) mass is 474 g/mol. The Morgan fingerprint density at radius 2 is 1.62 bits per heavy atom. The van der Waals surface area contributed by atoms with Crippen molar-refractivity contribution < 1.29 is 19.1 Å². The van der Waals surface area contributed by atoms with Gasteiger partial charge in [0.15, 0.2) is 0 Å².